The number of halogens is 2. The van der Waals surface area contributed by atoms with E-state index in [1.165, 1.54) is 59.3 Å². The molecule has 1 saturated heterocycles. The maximum Gasteiger partial charge on any atom is 0.172 e. The highest BCUT2D eigenvalue weighted by Crippen LogP contribution is 2.34. The molecule has 35 heavy (non-hydrogen) atoms. The molecule has 0 aliphatic carbocycles. The maximum atomic E-state index is 5.98. The van der Waals surface area contributed by atoms with Gasteiger partial charge in [-0.1, -0.05) is 47.6 Å². The van der Waals surface area contributed by atoms with Crippen molar-refractivity contribution >= 4 is 47.1 Å². The van der Waals surface area contributed by atoms with Crippen molar-refractivity contribution in [3.8, 4) is 11.1 Å². The SMILES string of the molecule is CN(C)Cc1c(-c2ccccc2)ccc2c(CCC3CCN(Cc4cccs4)CC3)noc12.Cl.Cl. The van der Waals surface area contributed by atoms with Gasteiger partial charge in [0.05, 0.1) is 5.69 Å². The number of nitrogens with zero attached hydrogens (tertiary/aromatic N) is 3. The molecule has 0 amide bonds. The Morgan fingerprint density at radius 2 is 1.77 bits per heavy atom. The Kier molecular flexibility index (Phi) is 10.2. The minimum atomic E-state index is 0. The number of aromatic nitrogens is 1. The van der Waals surface area contributed by atoms with E-state index in [1.807, 2.05) is 11.3 Å². The van der Waals surface area contributed by atoms with Crippen LogP contribution in [0.1, 0.15) is 35.4 Å². The summed E-state index contributed by atoms with van der Waals surface area (Å²) in [4.78, 5) is 6.28. The van der Waals surface area contributed by atoms with Crippen LogP contribution in [0.4, 0.5) is 0 Å². The third kappa shape index (κ3) is 6.66. The molecule has 2 aromatic heterocycles. The lowest BCUT2D eigenvalue weighted by molar-refractivity contribution is 0.173. The van der Waals surface area contributed by atoms with Crippen LogP contribution < -0.4 is 0 Å². The number of hydrogen-bond acceptors (Lipinski definition) is 5. The molecule has 1 aliphatic heterocycles. The molecule has 4 aromatic rings. The van der Waals surface area contributed by atoms with Crippen LogP contribution in [0, 0.1) is 5.92 Å². The van der Waals surface area contributed by atoms with E-state index in [0.717, 1.165) is 36.7 Å². The van der Waals surface area contributed by atoms with Crippen LogP contribution in [0.2, 0.25) is 0 Å². The van der Waals surface area contributed by atoms with Crippen LogP contribution in [0.3, 0.4) is 0 Å². The molecular weight excluding hydrogens is 497 g/mol. The molecule has 7 heteroatoms. The summed E-state index contributed by atoms with van der Waals surface area (Å²) in [6.45, 7) is 4.35. The molecule has 1 aliphatic rings. The Labute approximate surface area is 225 Å². The molecule has 0 spiro atoms. The molecule has 0 unspecified atom stereocenters. The number of rotatable bonds is 8. The van der Waals surface area contributed by atoms with E-state index in [-0.39, 0.29) is 24.8 Å². The van der Waals surface area contributed by atoms with Gasteiger partial charge in [-0.2, -0.15) is 0 Å². The summed E-state index contributed by atoms with van der Waals surface area (Å²) in [7, 11) is 4.21. The van der Waals surface area contributed by atoms with E-state index in [9.17, 15) is 0 Å². The number of likely N-dealkylation sites (tertiary alicyclic amines) is 1. The summed E-state index contributed by atoms with van der Waals surface area (Å²) in [5.74, 6) is 0.779. The van der Waals surface area contributed by atoms with Gasteiger partial charge in [-0.05, 0) is 87.4 Å². The zero-order chi connectivity index (χ0) is 22.6. The highest BCUT2D eigenvalue weighted by molar-refractivity contribution is 7.09. The maximum absolute atomic E-state index is 5.98. The van der Waals surface area contributed by atoms with Gasteiger partial charge in [-0.15, -0.1) is 36.2 Å². The van der Waals surface area contributed by atoms with Gasteiger partial charge in [-0.25, -0.2) is 0 Å². The summed E-state index contributed by atoms with van der Waals surface area (Å²) >= 11 is 1.87. The third-order valence-corrected chi connectivity index (χ3v) is 7.69. The van der Waals surface area contributed by atoms with E-state index < -0.39 is 0 Å². The standard InChI is InChI=1S/C28H33N3OS.2ClH/c1-30(2)20-26-24(22-7-4-3-5-8-22)11-12-25-27(29-32-28(25)26)13-10-21-14-16-31(17-15-21)19-23-9-6-18-33-23;;/h3-9,11-12,18,21H,10,13-17,19-20H2,1-2H3;2*1H. The second kappa shape index (κ2) is 12.9. The van der Waals surface area contributed by atoms with Crippen LogP contribution in [0.25, 0.3) is 22.1 Å². The highest BCUT2D eigenvalue weighted by Gasteiger charge is 2.22. The normalized spacial score (nSPS) is 14.7. The number of fused-ring (bicyclic) bond motifs is 1. The Morgan fingerprint density at radius 1 is 1.00 bits per heavy atom. The van der Waals surface area contributed by atoms with Crippen molar-refractivity contribution in [2.75, 3.05) is 27.2 Å². The van der Waals surface area contributed by atoms with Crippen LogP contribution >= 0.6 is 36.2 Å². The third-order valence-electron chi connectivity index (χ3n) is 6.83. The van der Waals surface area contributed by atoms with Crippen molar-refractivity contribution in [1.82, 2.24) is 15.0 Å². The molecule has 4 nitrogen and oxygen atoms in total. The smallest absolute Gasteiger partial charge is 0.172 e. The molecule has 0 radical (unpaired) electrons. The minimum Gasteiger partial charge on any atom is -0.356 e. The fourth-order valence-electron chi connectivity index (χ4n) is 5.05. The summed E-state index contributed by atoms with van der Waals surface area (Å²) in [5.41, 5.74) is 5.75. The fourth-order valence-corrected chi connectivity index (χ4v) is 5.79. The van der Waals surface area contributed by atoms with Crippen LogP contribution in [-0.2, 0) is 19.5 Å². The average molecular weight is 533 g/mol. The lowest BCUT2D eigenvalue weighted by Crippen LogP contribution is -2.33. The van der Waals surface area contributed by atoms with Crippen molar-refractivity contribution in [3.63, 3.8) is 0 Å². The molecule has 0 N–H and O–H groups in total. The van der Waals surface area contributed by atoms with Crippen molar-refractivity contribution in [3.05, 3.63) is 76.1 Å². The average Bonchev–Trinajstić information content (AvgIpc) is 3.49. The minimum absolute atomic E-state index is 0. The van der Waals surface area contributed by atoms with E-state index in [1.54, 1.807) is 0 Å². The second-order valence-electron chi connectivity index (χ2n) is 9.54. The Hall–Kier alpha value is -1.89. The predicted octanol–water partition coefficient (Wildman–Crippen LogP) is 7.31. The number of piperidine rings is 1. The van der Waals surface area contributed by atoms with E-state index in [0.29, 0.717) is 0 Å². The molecule has 2 aromatic carbocycles. The topological polar surface area (TPSA) is 32.5 Å². The lowest BCUT2D eigenvalue weighted by atomic mass is 9.90. The predicted molar refractivity (Wildman–Crippen MR) is 152 cm³/mol. The Morgan fingerprint density at radius 3 is 2.46 bits per heavy atom. The van der Waals surface area contributed by atoms with Gasteiger partial charge < -0.3 is 9.42 Å². The Balaban J connectivity index is 0.00000171. The number of aryl methyl sites for hydroxylation is 1. The molecule has 5 rings (SSSR count). The van der Waals surface area contributed by atoms with Crippen LogP contribution in [0.15, 0.2) is 64.5 Å². The fraction of sp³-hybridized carbons (Fsp3) is 0.393. The first-order valence-electron chi connectivity index (χ1n) is 12.0. The first-order chi connectivity index (χ1) is 16.2. The molecule has 0 saturated carbocycles. The van der Waals surface area contributed by atoms with Crippen molar-refractivity contribution in [2.24, 2.45) is 5.92 Å². The largest absolute Gasteiger partial charge is 0.356 e. The monoisotopic (exact) mass is 531 g/mol. The van der Waals surface area contributed by atoms with Gasteiger partial charge in [0, 0.05) is 28.9 Å². The molecule has 0 atom stereocenters. The molecular formula is C28H35Cl2N3OS. The summed E-state index contributed by atoms with van der Waals surface area (Å²) in [5, 5.41) is 7.90. The van der Waals surface area contributed by atoms with Gasteiger partial charge in [0.25, 0.3) is 0 Å². The van der Waals surface area contributed by atoms with Gasteiger partial charge in [0.2, 0.25) is 0 Å². The lowest BCUT2D eigenvalue weighted by Gasteiger charge is -2.31. The first kappa shape index (κ1) is 27.7. The number of benzene rings is 2. The van der Waals surface area contributed by atoms with Gasteiger partial charge in [0.1, 0.15) is 0 Å². The van der Waals surface area contributed by atoms with Crippen LogP contribution in [-0.4, -0.2) is 42.1 Å². The van der Waals surface area contributed by atoms with Crippen molar-refractivity contribution < 1.29 is 4.52 Å². The van der Waals surface area contributed by atoms with E-state index >= 15 is 0 Å². The number of hydrogen-bond donors (Lipinski definition) is 0. The van der Waals surface area contributed by atoms with Crippen molar-refractivity contribution in [1.29, 1.82) is 0 Å². The Bertz CT molecular complexity index is 1170. The summed E-state index contributed by atoms with van der Waals surface area (Å²) in [6, 6.07) is 19.5. The van der Waals surface area contributed by atoms with Gasteiger partial charge in [0.15, 0.2) is 5.58 Å². The molecule has 3 heterocycles. The second-order valence-corrected chi connectivity index (χ2v) is 10.6. The van der Waals surface area contributed by atoms with E-state index in [4.69, 9.17) is 4.52 Å². The number of thiophene rings is 1. The van der Waals surface area contributed by atoms with Gasteiger partial charge in [-0.3, -0.25) is 4.90 Å². The molecule has 188 valence electrons. The highest BCUT2D eigenvalue weighted by atomic mass is 35.5. The zero-order valence-electron chi connectivity index (χ0n) is 20.5. The summed E-state index contributed by atoms with van der Waals surface area (Å²) in [6.07, 6.45) is 4.75. The van der Waals surface area contributed by atoms with Crippen molar-refractivity contribution in [2.45, 2.75) is 38.8 Å². The summed E-state index contributed by atoms with van der Waals surface area (Å²) < 4.78 is 5.98. The molecule has 1 fully saturated rings. The van der Waals surface area contributed by atoms with Gasteiger partial charge >= 0.3 is 0 Å². The van der Waals surface area contributed by atoms with E-state index in [2.05, 4.69) is 89.0 Å². The molecule has 0 bridgehead atoms. The van der Waals surface area contributed by atoms with Crippen LogP contribution in [0.5, 0.6) is 0 Å². The zero-order valence-corrected chi connectivity index (χ0v) is 22.9. The first-order valence-corrected chi connectivity index (χ1v) is 12.9. The quantitative estimate of drug-likeness (QED) is 0.238.